The molecule has 140 valence electrons. The molecule has 2 amide bonds. The molecular weight excluding hydrogens is 350 g/mol. The second kappa shape index (κ2) is 7.64. The predicted molar refractivity (Wildman–Crippen MR) is 108 cm³/mol. The molecule has 0 radical (unpaired) electrons. The smallest absolute Gasteiger partial charge is 0.270 e. The van der Waals surface area contributed by atoms with Crippen LogP contribution in [0, 0.1) is 6.92 Å². The van der Waals surface area contributed by atoms with E-state index in [1.54, 1.807) is 17.0 Å². The fraction of sp³-hybridized carbons (Fsp3) is 0.174. The third-order valence-electron chi connectivity index (χ3n) is 4.95. The van der Waals surface area contributed by atoms with Gasteiger partial charge in [0.2, 0.25) is 0 Å². The van der Waals surface area contributed by atoms with Crippen molar-refractivity contribution in [3.63, 3.8) is 0 Å². The maximum atomic E-state index is 13.0. The maximum absolute atomic E-state index is 13.0. The lowest BCUT2D eigenvalue weighted by Crippen LogP contribution is -2.29. The first-order valence-electron chi connectivity index (χ1n) is 9.31. The molecule has 0 bridgehead atoms. The van der Waals surface area contributed by atoms with E-state index in [0.717, 1.165) is 17.7 Å². The van der Waals surface area contributed by atoms with Crippen molar-refractivity contribution in [2.24, 2.45) is 0 Å². The van der Waals surface area contributed by atoms with E-state index in [2.05, 4.69) is 10.3 Å². The van der Waals surface area contributed by atoms with Crippen molar-refractivity contribution in [3.05, 3.63) is 94.8 Å². The summed E-state index contributed by atoms with van der Waals surface area (Å²) in [5.41, 5.74) is 5.00. The van der Waals surface area contributed by atoms with Crippen LogP contribution < -0.4 is 10.2 Å². The van der Waals surface area contributed by atoms with Crippen LogP contribution in [0.1, 0.15) is 37.5 Å². The van der Waals surface area contributed by atoms with Gasteiger partial charge in [0, 0.05) is 30.5 Å². The van der Waals surface area contributed by atoms with Gasteiger partial charge in [0.05, 0.1) is 0 Å². The van der Waals surface area contributed by atoms with E-state index in [1.807, 2.05) is 55.5 Å². The SMILES string of the molecule is Cc1ccc(CNC(=O)c2cc(C(=O)N3CCc4ccccc43)ccn2)cc1. The summed E-state index contributed by atoms with van der Waals surface area (Å²) in [6, 6.07) is 19.1. The van der Waals surface area contributed by atoms with Crippen molar-refractivity contribution in [3.8, 4) is 0 Å². The van der Waals surface area contributed by atoms with Crippen LogP contribution in [0.5, 0.6) is 0 Å². The first-order valence-corrected chi connectivity index (χ1v) is 9.31. The minimum Gasteiger partial charge on any atom is -0.347 e. The van der Waals surface area contributed by atoms with Crippen molar-refractivity contribution < 1.29 is 9.59 Å². The van der Waals surface area contributed by atoms with Crippen molar-refractivity contribution >= 4 is 17.5 Å². The molecule has 0 aliphatic carbocycles. The number of pyridine rings is 1. The largest absolute Gasteiger partial charge is 0.347 e. The molecule has 1 aromatic heterocycles. The Hall–Kier alpha value is -3.47. The van der Waals surface area contributed by atoms with E-state index in [-0.39, 0.29) is 17.5 Å². The Morgan fingerprint density at radius 1 is 1.07 bits per heavy atom. The van der Waals surface area contributed by atoms with Gasteiger partial charge >= 0.3 is 0 Å². The monoisotopic (exact) mass is 371 g/mol. The van der Waals surface area contributed by atoms with Crippen LogP contribution in [0.15, 0.2) is 66.9 Å². The molecule has 0 unspecified atom stereocenters. The number of carbonyl (C=O) groups excluding carboxylic acids is 2. The molecule has 3 aromatic rings. The zero-order valence-electron chi connectivity index (χ0n) is 15.7. The summed E-state index contributed by atoms with van der Waals surface area (Å²) in [5.74, 6) is -0.406. The van der Waals surface area contributed by atoms with Crippen LogP contribution in [-0.2, 0) is 13.0 Å². The number of nitrogens with one attached hydrogen (secondary N) is 1. The fourth-order valence-corrected chi connectivity index (χ4v) is 3.37. The van der Waals surface area contributed by atoms with Gasteiger partial charge in [0.15, 0.2) is 0 Å². The highest BCUT2D eigenvalue weighted by molar-refractivity contribution is 6.08. The third kappa shape index (κ3) is 3.64. The van der Waals surface area contributed by atoms with Crippen molar-refractivity contribution in [2.75, 3.05) is 11.4 Å². The van der Waals surface area contributed by atoms with Gasteiger partial charge in [-0.25, -0.2) is 0 Å². The Bertz CT molecular complexity index is 1030. The normalized spacial score (nSPS) is 12.5. The molecule has 2 heterocycles. The number of anilines is 1. The molecule has 5 nitrogen and oxygen atoms in total. The lowest BCUT2D eigenvalue weighted by Gasteiger charge is -2.17. The van der Waals surface area contributed by atoms with Gasteiger partial charge in [0.1, 0.15) is 5.69 Å². The van der Waals surface area contributed by atoms with Crippen LogP contribution in [0.4, 0.5) is 5.69 Å². The van der Waals surface area contributed by atoms with Crippen molar-refractivity contribution in [1.82, 2.24) is 10.3 Å². The van der Waals surface area contributed by atoms with E-state index < -0.39 is 0 Å². The molecular formula is C23H21N3O2. The zero-order chi connectivity index (χ0) is 19.5. The molecule has 0 fully saturated rings. The van der Waals surface area contributed by atoms with Crippen LogP contribution in [0.25, 0.3) is 0 Å². The van der Waals surface area contributed by atoms with Crippen molar-refractivity contribution in [1.29, 1.82) is 0 Å². The van der Waals surface area contributed by atoms with Gasteiger partial charge < -0.3 is 10.2 Å². The summed E-state index contributed by atoms with van der Waals surface area (Å²) in [4.78, 5) is 31.3. The Morgan fingerprint density at radius 2 is 1.86 bits per heavy atom. The molecule has 1 N–H and O–H groups in total. The zero-order valence-corrected chi connectivity index (χ0v) is 15.7. The number of rotatable bonds is 4. The number of benzene rings is 2. The number of hydrogen-bond acceptors (Lipinski definition) is 3. The van der Waals surface area contributed by atoms with Gasteiger partial charge in [0.25, 0.3) is 11.8 Å². The number of aromatic nitrogens is 1. The van der Waals surface area contributed by atoms with E-state index >= 15 is 0 Å². The highest BCUT2D eigenvalue weighted by Gasteiger charge is 2.25. The Balaban J connectivity index is 1.47. The fourth-order valence-electron chi connectivity index (χ4n) is 3.37. The van der Waals surface area contributed by atoms with E-state index in [0.29, 0.717) is 18.7 Å². The van der Waals surface area contributed by atoms with E-state index in [9.17, 15) is 9.59 Å². The third-order valence-corrected chi connectivity index (χ3v) is 4.95. The lowest BCUT2D eigenvalue weighted by atomic mass is 10.1. The molecule has 5 heteroatoms. The molecule has 28 heavy (non-hydrogen) atoms. The number of hydrogen-bond donors (Lipinski definition) is 1. The summed E-state index contributed by atoms with van der Waals surface area (Å²) < 4.78 is 0. The van der Waals surface area contributed by atoms with Gasteiger partial charge in [-0.05, 0) is 42.7 Å². The maximum Gasteiger partial charge on any atom is 0.270 e. The second-order valence-corrected chi connectivity index (χ2v) is 6.93. The van der Waals surface area contributed by atoms with Gasteiger partial charge in [-0.3, -0.25) is 14.6 Å². The highest BCUT2D eigenvalue weighted by Crippen LogP contribution is 2.28. The molecule has 0 atom stereocenters. The average Bonchev–Trinajstić information content (AvgIpc) is 3.17. The summed E-state index contributed by atoms with van der Waals surface area (Å²) in [6.07, 6.45) is 2.35. The standard InChI is InChI=1S/C23H21N3O2/c1-16-6-8-17(9-7-16)15-25-22(27)20-14-19(10-12-24-20)23(28)26-13-11-18-4-2-3-5-21(18)26/h2-10,12,14H,11,13,15H2,1H3,(H,25,27). The molecule has 0 saturated heterocycles. The second-order valence-electron chi connectivity index (χ2n) is 6.93. The Labute approximate surface area is 164 Å². The predicted octanol–water partition coefficient (Wildman–Crippen LogP) is 3.52. The van der Waals surface area contributed by atoms with Crippen LogP contribution in [0.2, 0.25) is 0 Å². The number of carbonyl (C=O) groups is 2. The van der Waals surface area contributed by atoms with Gasteiger partial charge in [-0.1, -0.05) is 48.0 Å². The quantitative estimate of drug-likeness (QED) is 0.763. The summed E-state index contributed by atoms with van der Waals surface area (Å²) in [7, 11) is 0. The van der Waals surface area contributed by atoms with Crippen LogP contribution in [-0.4, -0.2) is 23.3 Å². The van der Waals surface area contributed by atoms with E-state index in [1.165, 1.54) is 17.3 Å². The minimum absolute atomic E-state index is 0.111. The number of aryl methyl sites for hydroxylation is 1. The minimum atomic E-state index is -0.294. The number of nitrogens with zero attached hydrogens (tertiary/aromatic N) is 2. The first kappa shape index (κ1) is 17.9. The van der Waals surface area contributed by atoms with Gasteiger partial charge in [-0.15, -0.1) is 0 Å². The molecule has 4 rings (SSSR count). The summed E-state index contributed by atoms with van der Waals surface area (Å²) >= 11 is 0. The highest BCUT2D eigenvalue weighted by atomic mass is 16.2. The number of amides is 2. The van der Waals surface area contributed by atoms with Gasteiger partial charge in [-0.2, -0.15) is 0 Å². The summed E-state index contributed by atoms with van der Waals surface area (Å²) in [5, 5.41) is 2.86. The number of fused-ring (bicyclic) bond motifs is 1. The molecule has 0 spiro atoms. The molecule has 0 saturated carbocycles. The molecule has 1 aliphatic rings. The Morgan fingerprint density at radius 3 is 2.68 bits per heavy atom. The molecule has 2 aromatic carbocycles. The Kier molecular flexibility index (Phi) is 4.89. The van der Waals surface area contributed by atoms with Crippen molar-refractivity contribution in [2.45, 2.75) is 19.9 Å². The summed E-state index contributed by atoms with van der Waals surface area (Å²) in [6.45, 7) is 3.08. The topological polar surface area (TPSA) is 62.3 Å². The molecule has 1 aliphatic heterocycles. The average molecular weight is 371 g/mol. The van der Waals surface area contributed by atoms with E-state index in [4.69, 9.17) is 0 Å². The first-order chi connectivity index (χ1) is 13.6. The number of para-hydroxylation sites is 1. The van der Waals surface area contributed by atoms with Crippen LogP contribution in [0.3, 0.4) is 0 Å². The lowest BCUT2D eigenvalue weighted by molar-refractivity contribution is 0.0946. The van der Waals surface area contributed by atoms with Crippen LogP contribution >= 0.6 is 0 Å².